The number of esters is 1. The molecule has 0 bridgehead atoms. The first-order valence-electron chi connectivity index (χ1n) is 8.84. The normalized spacial score (nSPS) is 14.2. The van der Waals surface area contributed by atoms with Gasteiger partial charge in [-0.15, -0.1) is 0 Å². The van der Waals surface area contributed by atoms with Gasteiger partial charge in [-0.2, -0.15) is 0 Å². The Balaban J connectivity index is 3.13. The Morgan fingerprint density at radius 1 is 1.23 bits per heavy atom. The van der Waals surface area contributed by atoms with Gasteiger partial charge in [0.1, 0.15) is 0 Å². The number of carboxylic acids is 2. The number of hydrogen-bond acceptors (Lipinski definition) is 4. The van der Waals surface area contributed by atoms with E-state index in [1.165, 1.54) is 0 Å². The maximum Gasteiger partial charge on any atom is 0.339 e. The van der Waals surface area contributed by atoms with Crippen LogP contribution in [-0.4, -0.2) is 34.7 Å². The molecule has 6 nitrogen and oxygen atoms in total. The molecule has 22 heavy (non-hydrogen) atoms. The van der Waals surface area contributed by atoms with Crippen molar-refractivity contribution in [3.05, 3.63) is 35.3 Å². The van der Waals surface area contributed by atoms with Gasteiger partial charge in [0, 0.05) is 5.92 Å². The van der Waals surface area contributed by atoms with Gasteiger partial charge in [0.25, 0.3) is 0 Å². The zero-order chi connectivity index (χ0) is 20.0. The molecule has 0 aromatic heterocycles. The summed E-state index contributed by atoms with van der Waals surface area (Å²) < 4.78 is 35.5. The third-order valence-electron chi connectivity index (χ3n) is 2.98. The standard InChI is InChI=1S/C16H20O6/c1-2-3-6-11(9-14(17)18)10-22-16(21)13-8-5-4-7-12(13)15(19)20/h4-5,7-8,11H,2-3,6,9-10H2,1H3,(H,17,18)(H,19,20)/i4D,5D,7D,8D. The van der Waals surface area contributed by atoms with Crippen molar-refractivity contribution in [3.63, 3.8) is 0 Å². The number of hydrogen-bond donors (Lipinski definition) is 2. The predicted octanol–water partition coefficient (Wildman–Crippen LogP) is 2.82. The van der Waals surface area contributed by atoms with E-state index in [1.54, 1.807) is 0 Å². The third kappa shape index (κ3) is 5.55. The minimum Gasteiger partial charge on any atom is -0.481 e. The molecule has 0 spiro atoms. The number of ether oxygens (including phenoxy) is 1. The number of aromatic carboxylic acids is 1. The Morgan fingerprint density at radius 2 is 1.86 bits per heavy atom. The predicted molar refractivity (Wildman–Crippen MR) is 79.0 cm³/mol. The molecule has 1 aromatic carbocycles. The van der Waals surface area contributed by atoms with E-state index in [0.29, 0.717) is 6.42 Å². The maximum absolute atomic E-state index is 12.3. The third-order valence-corrected chi connectivity index (χ3v) is 2.98. The van der Waals surface area contributed by atoms with E-state index < -0.39 is 59.1 Å². The lowest BCUT2D eigenvalue weighted by Gasteiger charge is -2.15. The van der Waals surface area contributed by atoms with Gasteiger partial charge in [-0.25, -0.2) is 9.59 Å². The summed E-state index contributed by atoms with van der Waals surface area (Å²) in [6, 6.07) is -3.18. The molecule has 120 valence electrons. The molecule has 0 aliphatic carbocycles. The number of carbonyl (C=O) groups is 3. The zero-order valence-electron chi connectivity index (χ0n) is 16.1. The van der Waals surface area contributed by atoms with Crippen molar-refractivity contribution in [1.82, 2.24) is 0 Å². The van der Waals surface area contributed by atoms with Gasteiger partial charge >= 0.3 is 17.9 Å². The van der Waals surface area contributed by atoms with Crippen molar-refractivity contribution < 1.29 is 34.8 Å². The Bertz CT molecular complexity index is 719. The van der Waals surface area contributed by atoms with Crippen molar-refractivity contribution in [2.24, 2.45) is 5.92 Å². The molecule has 2 N–H and O–H groups in total. The van der Waals surface area contributed by atoms with E-state index in [2.05, 4.69) is 0 Å². The Kier molecular flexibility index (Phi) is 4.89. The van der Waals surface area contributed by atoms with E-state index in [9.17, 15) is 19.5 Å². The summed E-state index contributed by atoms with van der Waals surface area (Å²) in [6.07, 6.45) is 1.81. The summed E-state index contributed by atoms with van der Waals surface area (Å²) in [5.41, 5.74) is -1.64. The molecule has 6 heteroatoms. The number of benzene rings is 1. The van der Waals surface area contributed by atoms with Crippen molar-refractivity contribution in [2.45, 2.75) is 32.6 Å². The minimum absolute atomic E-state index is 0.230. The van der Waals surface area contributed by atoms with Crippen LogP contribution in [0, 0.1) is 5.92 Å². The smallest absolute Gasteiger partial charge is 0.339 e. The summed E-state index contributed by atoms with van der Waals surface area (Å²) in [6.45, 7) is 1.64. The highest BCUT2D eigenvalue weighted by Gasteiger charge is 2.20. The van der Waals surface area contributed by atoms with Gasteiger partial charge in [0.2, 0.25) is 0 Å². The number of carboxylic acid groups (broad SMARTS) is 2. The van der Waals surface area contributed by atoms with E-state index in [-0.39, 0.29) is 13.0 Å². The molecule has 0 aliphatic heterocycles. The van der Waals surface area contributed by atoms with Crippen molar-refractivity contribution in [3.8, 4) is 0 Å². The minimum atomic E-state index is -1.68. The van der Waals surface area contributed by atoms with Crippen molar-refractivity contribution in [2.75, 3.05) is 6.61 Å². The maximum atomic E-state index is 12.3. The van der Waals surface area contributed by atoms with Crippen LogP contribution in [0.5, 0.6) is 0 Å². The second-order valence-corrected chi connectivity index (χ2v) is 4.76. The molecular formula is C16H20O6. The van der Waals surface area contributed by atoms with Gasteiger partial charge in [0.05, 0.1) is 29.6 Å². The van der Waals surface area contributed by atoms with E-state index in [1.807, 2.05) is 6.92 Å². The summed E-state index contributed by atoms with van der Waals surface area (Å²) >= 11 is 0. The molecular weight excluding hydrogens is 288 g/mol. The molecule has 0 fully saturated rings. The van der Waals surface area contributed by atoms with Gasteiger partial charge in [-0.3, -0.25) is 4.79 Å². The molecule has 0 saturated carbocycles. The summed E-state index contributed by atoms with van der Waals surface area (Å²) in [4.78, 5) is 34.5. The first-order chi connectivity index (χ1) is 12.1. The monoisotopic (exact) mass is 312 g/mol. The molecule has 0 heterocycles. The van der Waals surface area contributed by atoms with E-state index in [4.69, 9.17) is 15.3 Å². The molecule has 0 radical (unpaired) electrons. The van der Waals surface area contributed by atoms with Crippen molar-refractivity contribution >= 4 is 17.9 Å². The van der Waals surface area contributed by atoms with Gasteiger partial charge in [0.15, 0.2) is 0 Å². The van der Waals surface area contributed by atoms with Gasteiger partial charge in [-0.05, 0) is 18.5 Å². The summed E-state index contributed by atoms with van der Waals surface area (Å²) in [5.74, 6) is -4.44. The van der Waals surface area contributed by atoms with Crippen LogP contribution in [-0.2, 0) is 9.53 Å². The highest BCUT2D eigenvalue weighted by atomic mass is 16.5. The lowest BCUT2D eigenvalue weighted by Crippen LogP contribution is -2.19. The lowest BCUT2D eigenvalue weighted by molar-refractivity contribution is -0.138. The zero-order valence-corrected chi connectivity index (χ0v) is 12.1. The van der Waals surface area contributed by atoms with Crippen LogP contribution in [0.1, 0.15) is 58.8 Å². The summed E-state index contributed by atoms with van der Waals surface area (Å²) in [5, 5.41) is 18.1. The molecule has 1 unspecified atom stereocenters. The molecule has 1 aromatic rings. The van der Waals surface area contributed by atoms with E-state index in [0.717, 1.165) is 12.8 Å². The number of unbranched alkanes of at least 4 members (excludes halogenated alkanes) is 1. The topological polar surface area (TPSA) is 101 Å². The molecule has 0 saturated heterocycles. The fraction of sp³-hybridized carbons (Fsp3) is 0.438. The molecule has 0 amide bonds. The average Bonchev–Trinajstić information content (AvgIpc) is 2.57. The van der Waals surface area contributed by atoms with Gasteiger partial charge in [-0.1, -0.05) is 31.9 Å². The van der Waals surface area contributed by atoms with Crippen LogP contribution in [0.25, 0.3) is 0 Å². The quantitative estimate of drug-likeness (QED) is 0.680. The average molecular weight is 312 g/mol. The largest absolute Gasteiger partial charge is 0.481 e. The van der Waals surface area contributed by atoms with Crippen LogP contribution in [0.2, 0.25) is 0 Å². The van der Waals surface area contributed by atoms with Crippen LogP contribution in [0.4, 0.5) is 0 Å². The molecule has 0 aliphatic rings. The molecule has 1 rings (SSSR count). The number of aliphatic carboxylic acids is 1. The fourth-order valence-corrected chi connectivity index (χ4v) is 1.88. The van der Waals surface area contributed by atoms with Crippen LogP contribution in [0.3, 0.4) is 0 Å². The fourth-order valence-electron chi connectivity index (χ4n) is 1.88. The highest BCUT2D eigenvalue weighted by Crippen LogP contribution is 2.16. The summed E-state index contributed by atoms with van der Waals surface area (Å²) in [7, 11) is 0. The van der Waals surface area contributed by atoms with Crippen molar-refractivity contribution in [1.29, 1.82) is 0 Å². The van der Waals surface area contributed by atoms with Gasteiger partial charge < -0.3 is 14.9 Å². The number of rotatable bonds is 9. The lowest BCUT2D eigenvalue weighted by atomic mass is 9.99. The van der Waals surface area contributed by atoms with Crippen LogP contribution >= 0.6 is 0 Å². The second-order valence-electron chi connectivity index (χ2n) is 4.76. The Hall–Kier alpha value is -2.37. The SMILES string of the molecule is [2H]c1c([2H])c([2H])c(C(=O)OCC(CCCC)CC(=O)O)c(C(=O)O)c1[2H]. The Labute approximate surface area is 134 Å². The van der Waals surface area contributed by atoms with Crippen LogP contribution in [0.15, 0.2) is 24.2 Å². The second kappa shape index (κ2) is 8.81. The Morgan fingerprint density at radius 3 is 2.41 bits per heavy atom. The molecule has 1 atom stereocenters. The number of carbonyl (C=O) groups excluding carboxylic acids is 1. The first-order valence-corrected chi connectivity index (χ1v) is 6.84. The van der Waals surface area contributed by atoms with Crippen LogP contribution < -0.4 is 0 Å². The van der Waals surface area contributed by atoms with E-state index >= 15 is 0 Å². The highest BCUT2D eigenvalue weighted by molar-refractivity contribution is 6.02. The first kappa shape index (κ1) is 12.2.